The van der Waals surface area contributed by atoms with Crippen molar-refractivity contribution < 1.29 is 18.7 Å². The van der Waals surface area contributed by atoms with Crippen LogP contribution < -0.4 is 5.32 Å². The van der Waals surface area contributed by atoms with Crippen LogP contribution in [0.2, 0.25) is 0 Å². The first-order valence-electron chi connectivity index (χ1n) is 4.03. The predicted octanol–water partition coefficient (Wildman–Crippen LogP) is 1.23. The summed E-state index contributed by atoms with van der Waals surface area (Å²) in [7, 11) is 0. The minimum Gasteiger partial charge on any atom is -0.461 e. The summed E-state index contributed by atoms with van der Waals surface area (Å²) in [5.41, 5.74) is 0.0376. The van der Waals surface area contributed by atoms with Gasteiger partial charge in [-0.25, -0.2) is 4.79 Å². The number of aromatic nitrogens is 1. The van der Waals surface area contributed by atoms with E-state index >= 15 is 0 Å². The number of hydrogen-bond donors (Lipinski definition) is 1. The first-order chi connectivity index (χ1) is 6.63. The largest absolute Gasteiger partial charge is 0.461 e. The number of halogens is 1. The number of amides is 1. The summed E-state index contributed by atoms with van der Waals surface area (Å²) in [5, 5.41) is 2.30. The fourth-order valence-electron chi connectivity index (χ4n) is 0.781. The maximum Gasteiger partial charge on any atom is 0.360 e. The number of carbonyl (C=O) groups excluding carboxylic acids is 2. The maximum atomic E-state index is 11.1. The molecule has 1 heterocycles. The smallest absolute Gasteiger partial charge is 0.360 e. The molecule has 7 heteroatoms. The molecule has 0 saturated carbocycles. The SMILES string of the molecule is CCOC(=O)c1coc(NC(C)=O)n1.Cl. The molecule has 0 radical (unpaired) electrons. The molecular formula is C8H11ClN2O4. The number of esters is 1. The molecule has 0 atom stereocenters. The van der Waals surface area contributed by atoms with Crippen molar-refractivity contribution in [2.75, 3.05) is 11.9 Å². The van der Waals surface area contributed by atoms with Crippen molar-refractivity contribution in [1.82, 2.24) is 4.98 Å². The fraction of sp³-hybridized carbons (Fsp3) is 0.375. The molecular weight excluding hydrogens is 224 g/mol. The fourth-order valence-corrected chi connectivity index (χ4v) is 0.781. The van der Waals surface area contributed by atoms with Gasteiger partial charge in [0, 0.05) is 6.92 Å². The van der Waals surface area contributed by atoms with Gasteiger partial charge in [-0.2, -0.15) is 4.98 Å². The van der Waals surface area contributed by atoms with E-state index in [9.17, 15) is 9.59 Å². The van der Waals surface area contributed by atoms with E-state index in [0.29, 0.717) is 0 Å². The van der Waals surface area contributed by atoms with Crippen molar-refractivity contribution in [3.05, 3.63) is 12.0 Å². The van der Waals surface area contributed by atoms with Crippen LogP contribution in [-0.2, 0) is 9.53 Å². The van der Waals surface area contributed by atoms with Crippen molar-refractivity contribution >= 4 is 30.3 Å². The van der Waals surface area contributed by atoms with E-state index in [0.717, 1.165) is 6.26 Å². The summed E-state index contributed by atoms with van der Waals surface area (Å²) >= 11 is 0. The quantitative estimate of drug-likeness (QED) is 0.796. The summed E-state index contributed by atoms with van der Waals surface area (Å²) < 4.78 is 9.47. The zero-order valence-electron chi connectivity index (χ0n) is 8.27. The molecule has 84 valence electrons. The van der Waals surface area contributed by atoms with Crippen molar-refractivity contribution in [2.24, 2.45) is 0 Å². The minimum absolute atomic E-state index is 0. The number of carbonyl (C=O) groups is 2. The molecule has 0 aliphatic rings. The average Bonchev–Trinajstić information content (AvgIpc) is 2.52. The number of anilines is 1. The Balaban J connectivity index is 0.00000196. The molecule has 0 spiro atoms. The van der Waals surface area contributed by atoms with Crippen LogP contribution in [0.5, 0.6) is 0 Å². The Bertz CT molecular complexity index is 350. The molecule has 1 aromatic heterocycles. The number of oxazole rings is 1. The van der Waals surface area contributed by atoms with E-state index in [-0.39, 0.29) is 36.6 Å². The topological polar surface area (TPSA) is 81.4 Å². The third-order valence-corrected chi connectivity index (χ3v) is 1.27. The second-order valence-electron chi connectivity index (χ2n) is 2.44. The van der Waals surface area contributed by atoms with Gasteiger partial charge in [0.15, 0.2) is 5.69 Å². The Morgan fingerprint density at radius 1 is 1.60 bits per heavy atom. The minimum atomic E-state index is -0.576. The predicted molar refractivity (Wildman–Crippen MR) is 54.0 cm³/mol. The first-order valence-corrected chi connectivity index (χ1v) is 4.03. The van der Waals surface area contributed by atoms with E-state index in [1.807, 2.05) is 0 Å². The number of rotatable bonds is 3. The highest BCUT2D eigenvalue weighted by Crippen LogP contribution is 2.08. The van der Waals surface area contributed by atoms with Gasteiger partial charge in [0.2, 0.25) is 5.91 Å². The Labute approximate surface area is 92.4 Å². The van der Waals surface area contributed by atoms with Gasteiger partial charge in [0.1, 0.15) is 6.26 Å². The summed E-state index contributed by atoms with van der Waals surface area (Å²) in [4.78, 5) is 25.4. The molecule has 1 aromatic rings. The number of nitrogens with zero attached hydrogens (tertiary/aromatic N) is 1. The molecule has 15 heavy (non-hydrogen) atoms. The zero-order chi connectivity index (χ0) is 10.6. The number of nitrogens with one attached hydrogen (secondary N) is 1. The van der Waals surface area contributed by atoms with Gasteiger partial charge in [-0.15, -0.1) is 12.4 Å². The van der Waals surface area contributed by atoms with Crippen molar-refractivity contribution in [1.29, 1.82) is 0 Å². The van der Waals surface area contributed by atoms with E-state index in [1.165, 1.54) is 6.92 Å². The Kier molecular flexibility index (Phi) is 5.40. The van der Waals surface area contributed by atoms with Crippen LogP contribution in [0, 0.1) is 0 Å². The van der Waals surface area contributed by atoms with E-state index in [2.05, 4.69) is 15.0 Å². The van der Waals surface area contributed by atoms with Gasteiger partial charge in [0.05, 0.1) is 6.61 Å². The van der Waals surface area contributed by atoms with E-state index in [4.69, 9.17) is 4.42 Å². The molecule has 0 bridgehead atoms. The van der Waals surface area contributed by atoms with E-state index in [1.54, 1.807) is 6.92 Å². The molecule has 1 rings (SSSR count). The second kappa shape index (κ2) is 6.02. The summed E-state index contributed by atoms with van der Waals surface area (Å²) in [6.07, 6.45) is 1.13. The van der Waals surface area contributed by atoms with Crippen LogP contribution in [-0.4, -0.2) is 23.5 Å². The normalized spacial score (nSPS) is 8.93. The lowest BCUT2D eigenvalue weighted by molar-refractivity contribution is -0.114. The molecule has 6 nitrogen and oxygen atoms in total. The van der Waals surface area contributed by atoms with Crippen LogP contribution >= 0.6 is 12.4 Å². The van der Waals surface area contributed by atoms with E-state index < -0.39 is 5.97 Å². The third-order valence-electron chi connectivity index (χ3n) is 1.27. The lowest BCUT2D eigenvalue weighted by Gasteiger charge is -1.95. The van der Waals surface area contributed by atoms with Crippen LogP contribution in [0.1, 0.15) is 24.3 Å². The average molecular weight is 235 g/mol. The van der Waals surface area contributed by atoms with Crippen LogP contribution in [0.15, 0.2) is 10.7 Å². The molecule has 1 N–H and O–H groups in total. The lowest BCUT2D eigenvalue weighted by Crippen LogP contribution is -2.08. The molecule has 0 aromatic carbocycles. The van der Waals surface area contributed by atoms with Gasteiger partial charge in [-0.05, 0) is 6.92 Å². The molecule has 0 aliphatic heterocycles. The Hall–Kier alpha value is -1.56. The number of ether oxygens (including phenoxy) is 1. The first kappa shape index (κ1) is 13.4. The van der Waals surface area contributed by atoms with Gasteiger partial charge in [0.25, 0.3) is 0 Å². The molecule has 0 saturated heterocycles. The highest BCUT2D eigenvalue weighted by Gasteiger charge is 2.13. The number of hydrogen-bond acceptors (Lipinski definition) is 5. The third kappa shape index (κ3) is 3.99. The van der Waals surface area contributed by atoms with Crippen LogP contribution in [0.3, 0.4) is 0 Å². The summed E-state index contributed by atoms with van der Waals surface area (Å²) in [5.74, 6) is -0.893. The standard InChI is InChI=1S/C8H10N2O4.ClH/c1-3-13-7(12)6-4-14-8(10-6)9-5(2)11;/h4H,3H2,1-2H3,(H,9,10,11);1H. The lowest BCUT2D eigenvalue weighted by atomic mass is 10.5. The van der Waals surface area contributed by atoms with Crippen molar-refractivity contribution in [3.8, 4) is 0 Å². The highest BCUT2D eigenvalue weighted by atomic mass is 35.5. The van der Waals surface area contributed by atoms with Crippen LogP contribution in [0.25, 0.3) is 0 Å². The van der Waals surface area contributed by atoms with Crippen molar-refractivity contribution in [3.63, 3.8) is 0 Å². The molecule has 1 amide bonds. The second-order valence-corrected chi connectivity index (χ2v) is 2.44. The highest BCUT2D eigenvalue weighted by molar-refractivity contribution is 5.89. The van der Waals surface area contributed by atoms with Gasteiger partial charge >= 0.3 is 12.0 Å². The monoisotopic (exact) mass is 234 g/mol. The van der Waals surface area contributed by atoms with Gasteiger partial charge in [-0.3, -0.25) is 10.1 Å². The Morgan fingerprint density at radius 3 is 2.80 bits per heavy atom. The van der Waals surface area contributed by atoms with Gasteiger partial charge in [-0.1, -0.05) is 0 Å². The van der Waals surface area contributed by atoms with Crippen molar-refractivity contribution in [2.45, 2.75) is 13.8 Å². The van der Waals surface area contributed by atoms with Gasteiger partial charge < -0.3 is 9.15 Å². The van der Waals surface area contributed by atoms with Crippen LogP contribution in [0.4, 0.5) is 6.01 Å². The Morgan fingerprint density at radius 2 is 2.27 bits per heavy atom. The summed E-state index contributed by atoms with van der Waals surface area (Å²) in [6, 6.07) is -0.0134. The molecule has 0 aliphatic carbocycles. The zero-order valence-corrected chi connectivity index (χ0v) is 9.09. The maximum absolute atomic E-state index is 11.1. The molecule has 0 fully saturated rings. The summed E-state index contributed by atoms with van der Waals surface area (Å²) in [6.45, 7) is 3.27. The molecule has 0 unspecified atom stereocenters.